The molecule has 0 bridgehead atoms. The summed E-state index contributed by atoms with van der Waals surface area (Å²) in [5, 5.41) is 14.2. The van der Waals surface area contributed by atoms with Gasteiger partial charge in [-0.15, -0.1) is 0 Å². The van der Waals surface area contributed by atoms with Crippen LogP contribution in [0.2, 0.25) is 5.02 Å². The molecule has 6 heteroatoms. The number of rotatable bonds is 10. The number of aliphatic carboxylic acids is 1. The van der Waals surface area contributed by atoms with Gasteiger partial charge in [0, 0.05) is 17.0 Å². The zero-order valence-corrected chi connectivity index (χ0v) is 33.4. The van der Waals surface area contributed by atoms with Crippen molar-refractivity contribution in [2.45, 2.75) is 152 Å². The predicted molar refractivity (Wildman–Crippen MR) is 203 cm³/mol. The minimum atomic E-state index is -1.12. The van der Waals surface area contributed by atoms with Crippen molar-refractivity contribution in [3.05, 3.63) is 46.0 Å². The van der Waals surface area contributed by atoms with E-state index in [1.807, 2.05) is 17.7 Å². The van der Waals surface area contributed by atoms with Gasteiger partial charge in [0.25, 0.3) is 0 Å². The summed E-state index contributed by atoms with van der Waals surface area (Å²) in [4.78, 5) is 24.8. The van der Waals surface area contributed by atoms with Gasteiger partial charge in [-0.3, -0.25) is 9.59 Å². The van der Waals surface area contributed by atoms with Gasteiger partial charge in [-0.25, -0.2) is 0 Å². The minimum Gasteiger partial charge on any atom is -0.481 e. The quantitative estimate of drug-likeness (QED) is 0.144. The summed E-state index contributed by atoms with van der Waals surface area (Å²) in [6, 6.07) is 8.25. The van der Waals surface area contributed by atoms with Gasteiger partial charge in [0.1, 0.15) is 6.10 Å². The van der Waals surface area contributed by atoms with Gasteiger partial charge in [-0.2, -0.15) is 0 Å². The second kappa shape index (κ2) is 13.2. The lowest BCUT2D eigenvalue weighted by atomic mass is 9.33. The van der Waals surface area contributed by atoms with E-state index >= 15 is 0 Å². The first-order valence-corrected chi connectivity index (χ1v) is 20.3. The standard InChI is InChI=1S/C44H66ClNO4/c1-28(2)31-16-21-44(24-25-46-27-29-10-12-30(45)13-11-29)23-22-42(8)32(37(31)44)14-15-34-41(7)19-18-35(50-36(47)26-39(3,4)38(48)49)40(5,6)33(41)17-20-43(34,42)9/h10-13,28,32-35,46H,14-27H2,1-9H3,(H,48,49)/t32-,33?,34?,35+,41+,42-,43-,44-/m1/s1. The Bertz CT molecular complexity index is 1500. The molecule has 50 heavy (non-hydrogen) atoms. The van der Waals surface area contributed by atoms with E-state index in [2.05, 4.69) is 65.9 Å². The maximum atomic E-state index is 13.1. The van der Waals surface area contributed by atoms with Crippen LogP contribution in [0.5, 0.6) is 0 Å². The number of ether oxygens (including phenoxy) is 1. The van der Waals surface area contributed by atoms with Gasteiger partial charge in [-0.05, 0) is 154 Å². The molecule has 0 heterocycles. The molecule has 5 aliphatic carbocycles. The average molecular weight is 708 g/mol. The Morgan fingerprint density at radius 3 is 2.28 bits per heavy atom. The van der Waals surface area contributed by atoms with E-state index in [-0.39, 0.29) is 40.2 Å². The van der Waals surface area contributed by atoms with Gasteiger partial charge in [0.05, 0.1) is 11.8 Å². The van der Waals surface area contributed by atoms with Crippen molar-refractivity contribution in [3.63, 3.8) is 0 Å². The summed E-state index contributed by atoms with van der Waals surface area (Å²) in [5.74, 6) is 1.06. The average Bonchev–Trinajstić information content (AvgIpc) is 3.42. The normalized spacial score (nSPS) is 37.8. The molecule has 0 aromatic heterocycles. The third-order valence-electron chi connectivity index (χ3n) is 16.2. The smallest absolute Gasteiger partial charge is 0.309 e. The molecule has 1 aromatic carbocycles. The Kier molecular flexibility index (Phi) is 10.0. The summed E-state index contributed by atoms with van der Waals surface area (Å²) in [6.07, 6.45) is 13.1. The molecule has 5 nitrogen and oxygen atoms in total. The second-order valence-electron chi connectivity index (χ2n) is 19.7. The highest BCUT2D eigenvalue weighted by Gasteiger charge is 2.69. The van der Waals surface area contributed by atoms with E-state index in [9.17, 15) is 14.7 Å². The highest BCUT2D eigenvalue weighted by Crippen LogP contribution is 2.77. The number of carbonyl (C=O) groups is 2. The molecule has 4 fully saturated rings. The number of allylic oxidation sites excluding steroid dienone is 2. The van der Waals surface area contributed by atoms with Gasteiger partial charge in [-0.1, -0.05) is 83.3 Å². The first-order chi connectivity index (χ1) is 23.3. The molecule has 6 rings (SSSR count). The molecular formula is C44H66ClNO4. The first kappa shape index (κ1) is 37.9. The van der Waals surface area contributed by atoms with Crippen LogP contribution in [0.4, 0.5) is 0 Å². The fourth-order valence-electron chi connectivity index (χ4n) is 13.2. The maximum absolute atomic E-state index is 13.1. The molecule has 5 aliphatic rings. The monoisotopic (exact) mass is 707 g/mol. The second-order valence-corrected chi connectivity index (χ2v) is 20.2. The highest BCUT2D eigenvalue weighted by atomic mass is 35.5. The van der Waals surface area contributed by atoms with E-state index in [0.29, 0.717) is 29.1 Å². The summed E-state index contributed by atoms with van der Waals surface area (Å²) >= 11 is 6.14. The van der Waals surface area contributed by atoms with Crippen LogP contribution in [-0.2, 0) is 20.9 Å². The van der Waals surface area contributed by atoms with Crippen molar-refractivity contribution in [3.8, 4) is 0 Å². The van der Waals surface area contributed by atoms with Crippen molar-refractivity contribution < 1.29 is 19.4 Å². The van der Waals surface area contributed by atoms with Crippen LogP contribution in [0, 0.1) is 56.2 Å². The lowest BCUT2D eigenvalue weighted by molar-refractivity contribution is -0.233. The van der Waals surface area contributed by atoms with Crippen LogP contribution in [0.15, 0.2) is 35.4 Å². The summed E-state index contributed by atoms with van der Waals surface area (Å²) in [7, 11) is 0. The fraction of sp³-hybridized carbons (Fsp3) is 0.773. The Morgan fingerprint density at radius 1 is 0.920 bits per heavy atom. The van der Waals surface area contributed by atoms with Crippen molar-refractivity contribution in [2.24, 2.45) is 56.2 Å². The number of nitrogens with one attached hydrogen (secondary N) is 1. The predicted octanol–water partition coefficient (Wildman–Crippen LogP) is 11.0. The molecular weight excluding hydrogens is 642 g/mol. The zero-order chi connectivity index (χ0) is 36.5. The van der Waals surface area contributed by atoms with Gasteiger partial charge in [0.15, 0.2) is 0 Å². The number of esters is 1. The number of hydrogen-bond acceptors (Lipinski definition) is 4. The first-order valence-electron chi connectivity index (χ1n) is 19.9. The van der Waals surface area contributed by atoms with Crippen molar-refractivity contribution in [1.29, 1.82) is 0 Å². The maximum Gasteiger partial charge on any atom is 0.309 e. The molecule has 8 atom stereocenters. The fourth-order valence-corrected chi connectivity index (χ4v) is 13.3. The third kappa shape index (κ3) is 6.10. The van der Waals surface area contributed by atoms with Crippen molar-refractivity contribution >= 4 is 23.5 Å². The Labute approximate surface area is 308 Å². The number of halogens is 1. The molecule has 0 spiro atoms. The number of benzene rings is 1. The van der Waals surface area contributed by atoms with Gasteiger partial charge in [0.2, 0.25) is 0 Å². The SMILES string of the molecule is CC(C)C1=C2[C@H]3CCC4[C@@]5(C)CC[C@H](OC(=O)CC(C)(C)C(=O)O)C(C)(C)C5CC[C@@]4(C)[C@]3(C)CC[C@@]2(CCNCc2ccc(Cl)cc2)CC1. The lowest BCUT2D eigenvalue weighted by Gasteiger charge is -2.72. The Balaban J connectivity index is 1.21. The van der Waals surface area contributed by atoms with E-state index in [1.54, 1.807) is 19.4 Å². The molecule has 0 aliphatic heterocycles. The highest BCUT2D eigenvalue weighted by molar-refractivity contribution is 6.30. The van der Waals surface area contributed by atoms with Crippen LogP contribution >= 0.6 is 11.6 Å². The number of fused-ring (bicyclic) bond motifs is 7. The topological polar surface area (TPSA) is 75.6 Å². The summed E-state index contributed by atoms with van der Waals surface area (Å²) in [6.45, 7) is 22.7. The molecule has 0 amide bonds. The molecule has 2 unspecified atom stereocenters. The minimum absolute atomic E-state index is 0.0919. The molecule has 4 saturated carbocycles. The van der Waals surface area contributed by atoms with Crippen LogP contribution in [0.3, 0.4) is 0 Å². The summed E-state index contributed by atoms with van der Waals surface area (Å²) < 4.78 is 6.20. The van der Waals surface area contributed by atoms with E-state index < -0.39 is 11.4 Å². The number of carboxylic acids is 1. The molecule has 278 valence electrons. The Hall–Kier alpha value is -1.85. The summed E-state index contributed by atoms with van der Waals surface area (Å²) in [5.41, 5.74) is 4.76. The van der Waals surface area contributed by atoms with Crippen molar-refractivity contribution in [2.75, 3.05) is 6.54 Å². The van der Waals surface area contributed by atoms with E-state index in [4.69, 9.17) is 16.3 Å². The van der Waals surface area contributed by atoms with Crippen LogP contribution in [-0.4, -0.2) is 29.7 Å². The number of hydrogen-bond donors (Lipinski definition) is 2. The van der Waals surface area contributed by atoms with E-state index in [0.717, 1.165) is 31.0 Å². The molecule has 1 aromatic rings. The molecule has 2 N–H and O–H groups in total. The van der Waals surface area contributed by atoms with Gasteiger partial charge < -0.3 is 15.2 Å². The largest absolute Gasteiger partial charge is 0.481 e. The van der Waals surface area contributed by atoms with Crippen LogP contribution < -0.4 is 5.32 Å². The zero-order valence-electron chi connectivity index (χ0n) is 32.6. The van der Waals surface area contributed by atoms with Crippen LogP contribution in [0.1, 0.15) is 145 Å². The lowest BCUT2D eigenvalue weighted by Crippen LogP contribution is -2.65. The number of carbonyl (C=O) groups excluding carboxylic acids is 1. The number of carboxylic acid groups (broad SMARTS) is 1. The molecule has 0 saturated heterocycles. The van der Waals surface area contributed by atoms with Crippen molar-refractivity contribution in [1.82, 2.24) is 5.32 Å². The molecule has 0 radical (unpaired) electrons. The van der Waals surface area contributed by atoms with Gasteiger partial charge >= 0.3 is 11.9 Å². The third-order valence-corrected chi connectivity index (χ3v) is 16.5. The van der Waals surface area contributed by atoms with Crippen LogP contribution in [0.25, 0.3) is 0 Å². The Morgan fingerprint density at radius 2 is 1.62 bits per heavy atom. The van der Waals surface area contributed by atoms with E-state index in [1.165, 1.54) is 63.4 Å².